The van der Waals surface area contributed by atoms with Crippen LogP contribution in [0.15, 0.2) is 10.6 Å². The molecular formula is C9H13N3O4. The van der Waals surface area contributed by atoms with E-state index in [1.54, 1.807) is 14.1 Å². The lowest BCUT2D eigenvalue weighted by molar-refractivity contribution is -0.127. The monoisotopic (exact) mass is 227 g/mol. The number of amides is 1. The largest absolute Gasteiger partial charge is 0.476 e. The first-order valence-corrected chi connectivity index (χ1v) is 4.60. The van der Waals surface area contributed by atoms with Crippen molar-refractivity contribution in [3.63, 3.8) is 0 Å². The number of hydrogen-bond acceptors (Lipinski definition) is 5. The molecule has 0 atom stereocenters. The van der Waals surface area contributed by atoms with E-state index in [0.29, 0.717) is 5.76 Å². The lowest BCUT2D eigenvalue weighted by atomic mass is 10.3. The Morgan fingerprint density at radius 1 is 1.56 bits per heavy atom. The van der Waals surface area contributed by atoms with Crippen LogP contribution in [0, 0.1) is 0 Å². The third-order valence-corrected chi connectivity index (χ3v) is 1.85. The Hall–Kier alpha value is -1.89. The van der Waals surface area contributed by atoms with Gasteiger partial charge >= 0.3 is 5.97 Å². The van der Waals surface area contributed by atoms with Crippen molar-refractivity contribution in [2.45, 2.75) is 6.54 Å². The summed E-state index contributed by atoms with van der Waals surface area (Å²) in [6, 6.07) is 1.31. The van der Waals surface area contributed by atoms with Crippen LogP contribution in [-0.4, -0.2) is 47.7 Å². The van der Waals surface area contributed by atoms with Crippen LogP contribution in [-0.2, 0) is 11.3 Å². The molecule has 1 aromatic rings. The van der Waals surface area contributed by atoms with E-state index in [1.807, 2.05) is 0 Å². The Labute approximate surface area is 92.0 Å². The minimum absolute atomic E-state index is 0.0713. The van der Waals surface area contributed by atoms with Crippen LogP contribution < -0.4 is 5.32 Å². The van der Waals surface area contributed by atoms with Crippen molar-refractivity contribution >= 4 is 11.9 Å². The third kappa shape index (κ3) is 3.35. The Balaban J connectivity index is 2.37. The van der Waals surface area contributed by atoms with E-state index in [2.05, 4.69) is 10.5 Å². The highest BCUT2D eigenvalue weighted by molar-refractivity contribution is 5.85. The summed E-state index contributed by atoms with van der Waals surface area (Å²) < 4.78 is 4.75. The zero-order valence-electron chi connectivity index (χ0n) is 9.06. The predicted octanol–water partition coefficient (Wildman–Crippen LogP) is -0.449. The van der Waals surface area contributed by atoms with Crippen molar-refractivity contribution in [3.8, 4) is 0 Å². The lowest BCUT2D eigenvalue weighted by Gasteiger charge is -2.09. The Morgan fingerprint density at radius 2 is 2.25 bits per heavy atom. The first-order valence-electron chi connectivity index (χ1n) is 4.60. The molecule has 0 aromatic carbocycles. The standard InChI is InChI=1S/C9H13N3O4/c1-12(2)8(13)5-10-4-6-3-7(9(14)15)11-16-6/h3,10H,4-5H2,1-2H3,(H,14,15). The quantitative estimate of drug-likeness (QED) is 0.707. The molecule has 0 aliphatic carbocycles. The van der Waals surface area contributed by atoms with E-state index in [9.17, 15) is 9.59 Å². The van der Waals surface area contributed by atoms with Gasteiger partial charge in [-0.05, 0) is 0 Å². The molecule has 1 aromatic heterocycles. The summed E-state index contributed by atoms with van der Waals surface area (Å²) in [5.41, 5.74) is -0.143. The molecule has 0 saturated carbocycles. The first-order chi connectivity index (χ1) is 7.50. The van der Waals surface area contributed by atoms with E-state index in [-0.39, 0.29) is 24.7 Å². The average molecular weight is 227 g/mol. The molecule has 7 heteroatoms. The zero-order chi connectivity index (χ0) is 12.1. The highest BCUT2D eigenvalue weighted by Crippen LogP contribution is 2.02. The van der Waals surface area contributed by atoms with Gasteiger partial charge in [-0.2, -0.15) is 0 Å². The van der Waals surface area contributed by atoms with Crippen molar-refractivity contribution in [2.24, 2.45) is 0 Å². The summed E-state index contributed by atoms with van der Waals surface area (Å²) in [5.74, 6) is -0.832. The number of carbonyl (C=O) groups excluding carboxylic acids is 1. The van der Waals surface area contributed by atoms with E-state index < -0.39 is 5.97 Å². The number of nitrogens with zero attached hydrogens (tertiary/aromatic N) is 2. The summed E-state index contributed by atoms with van der Waals surface area (Å²) in [5, 5.41) is 14.7. The third-order valence-electron chi connectivity index (χ3n) is 1.85. The average Bonchev–Trinajstić information content (AvgIpc) is 2.66. The number of nitrogens with one attached hydrogen (secondary N) is 1. The fraction of sp³-hybridized carbons (Fsp3) is 0.444. The summed E-state index contributed by atoms with van der Waals surface area (Å²) in [7, 11) is 3.31. The van der Waals surface area contributed by atoms with Crippen molar-refractivity contribution < 1.29 is 19.2 Å². The first kappa shape index (κ1) is 12.2. The van der Waals surface area contributed by atoms with E-state index in [4.69, 9.17) is 9.63 Å². The van der Waals surface area contributed by atoms with Crippen LogP contribution in [0.4, 0.5) is 0 Å². The number of rotatable bonds is 5. The van der Waals surface area contributed by atoms with Gasteiger partial charge in [0, 0.05) is 20.2 Å². The van der Waals surface area contributed by atoms with Crippen molar-refractivity contribution in [1.82, 2.24) is 15.4 Å². The maximum atomic E-state index is 11.2. The molecule has 0 unspecified atom stereocenters. The summed E-state index contributed by atoms with van der Waals surface area (Å²) in [6.45, 7) is 0.427. The Bertz CT molecular complexity index is 386. The van der Waals surface area contributed by atoms with Gasteiger partial charge in [0.2, 0.25) is 5.91 Å². The van der Waals surface area contributed by atoms with E-state index in [0.717, 1.165) is 0 Å². The molecule has 0 bridgehead atoms. The minimum Gasteiger partial charge on any atom is -0.476 e. The fourth-order valence-corrected chi connectivity index (χ4v) is 0.948. The minimum atomic E-state index is -1.14. The van der Waals surface area contributed by atoms with Crippen LogP contribution >= 0.6 is 0 Å². The van der Waals surface area contributed by atoms with Crippen molar-refractivity contribution in [2.75, 3.05) is 20.6 Å². The number of carbonyl (C=O) groups is 2. The van der Waals surface area contributed by atoms with Crippen LogP contribution in [0.25, 0.3) is 0 Å². The second kappa shape index (κ2) is 5.26. The number of hydrogen-bond donors (Lipinski definition) is 2. The number of carboxylic acid groups (broad SMARTS) is 1. The molecule has 1 amide bonds. The molecular weight excluding hydrogens is 214 g/mol. The summed E-state index contributed by atoms with van der Waals surface area (Å²) >= 11 is 0. The van der Waals surface area contributed by atoms with E-state index in [1.165, 1.54) is 11.0 Å². The molecule has 0 saturated heterocycles. The second-order valence-electron chi connectivity index (χ2n) is 3.38. The molecule has 7 nitrogen and oxygen atoms in total. The van der Waals surface area contributed by atoms with Gasteiger partial charge in [-0.3, -0.25) is 4.79 Å². The predicted molar refractivity (Wildman–Crippen MR) is 53.9 cm³/mol. The summed E-state index contributed by atoms with van der Waals surface area (Å²) in [6.07, 6.45) is 0. The van der Waals surface area contributed by atoms with Gasteiger partial charge in [-0.25, -0.2) is 4.79 Å². The topological polar surface area (TPSA) is 95.7 Å². The van der Waals surface area contributed by atoms with Gasteiger partial charge in [0.05, 0.1) is 13.1 Å². The lowest BCUT2D eigenvalue weighted by Crippen LogP contribution is -2.32. The highest BCUT2D eigenvalue weighted by Gasteiger charge is 2.10. The number of carboxylic acids is 1. The maximum Gasteiger partial charge on any atom is 0.358 e. The van der Waals surface area contributed by atoms with Crippen LogP contribution in [0.3, 0.4) is 0 Å². The molecule has 2 N–H and O–H groups in total. The Kier molecular flexibility index (Phi) is 4.01. The summed E-state index contributed by atoms with van der Waals surface area (Å²) in [4.78, 5) is 23.1. The van der Waals surface area contributed by atoms with Gasteiger partial charge < -0.3 is 19.8 Å². The Morgan fingerprint density at radius 3 is 2.75 bits per heavy atom. The van der Waals surface area contributed by atoms with E-state index >= 15 is 0 Å². The molecule has 0 aliphatic rings. The molecule has 0 radical (unpaired) electrons. The van der Waals surface area contributed by atoms with Gasteiger partial charge in [0.25, 0.3) is 0 Å². The molecule has 1 rings (SSSR count). The molecule has 1 heterocycles. The maximum absolute atomic E-state index is 11.2. The fourth-order valence-electron chi connectivity index (χ4n) is 0.948. The van der Waals surface area contributed by atoms with Crippen LogP contribution in [0.5, 0.6) is 0 Å². The van der Waals surface area contributed by atoms with Crippen LogP contribution in [0.2, 0.25) is 0 Å². The number of aromatic nitrogens is 1. The number of aromatic carboxylic acids is 1. The highest BCUT2D eigenvalue weighted by atomic mass is 16.5. The van der Waals surface area contributed by atoms with Gasteiger partial charge in [0.1, 0.15) is 0 Å². The smallest absolute Gasteiger partial charge is 0.358 e. The molecule has 0 spiro atoms. The SMILES string of the molecule is CN(C)C(=O)CNCc1cc(C(=O)O)no1. The zero-order valence-corrected chi connectivity index (χ0v) is 9.06. The molecule has 0 fully saturated rings. The van der Waals surface area contributed by atoms with Gasteiger partial charge in [-0.15, -0.1) is 0 Å². The molecule has 88 valence electrons. The van der Waals surface area contributed by atoms with Crippen molar-refractivity contribution in [1.29, 1.82) is 0 Å². The normalized spacial score (nSPS) is 10.1. The number of likely N-dealkylation sites (N-methyl/N-ethyl adjacent to an activating group) is 1. The molecule has 0 aliphatic heterocycles. The van der Waals surface area contributed by atoms with Gasteiger partial charge in [0.15, 0.2) is 11.5 Å². The second-order valence-corrected chi connectivity index (χ2v) is 3.38. The van der Waals surface area contributed by atoms with Crippen LogP contribution in [0.1, 0.15) is 16.2 Å². The molecule has 16 heavy (non-hydrogen) atoms. The van der Waals surface area contributed by atoms with Crippen molar-refractivity contribution in [3.05, 3.63) is 17.5 Å². The van der Waals surface area contributed by atoms with Gasteiger partial charge in [-0.1, -0.05) is 5.16 Å².